The molecule has 0 saturated carbocycles. The number of nitrogens with one attached hydrogen (secondary N) is 2. The maximum Gasteiger partial charge on any atom is 0.356 e. The number of hydrogen-bond acceptors (Lipinski definition) is 5. The molecule has 0 fully saturated rings. The molecule has 22 heavy (non-hydrogen) atoms. The predicted molar refractivity (Wildman–Crippen MR) is 80.3 cm³/mol. The molecule has 0 radical (unpaired) electrons. The minimum atomic E-state index is -0.500. The number of rotatable bonds is 8. The van der Waals surface area contributed by atoms with Gasteiger partial charge in [-0.05, 0) is 13.0 Å². The molecule has 0 saturated heterocycles. The van der Waals surface area contributed by atoms with Gasteiger partial charge in [-0.1, -0.05) is 0 Å². The molecular weight excluding hydrogens is 284 g/mol. The van der Waals surface area contributed by atoms with Crippen LogP contribution in [0, 0.1) is 12.3 Å². The Morgan fingerprint density at radius 2 is 2.23 bits per heavy atom. The number of H-pyrrole nitrogens is 1. The van der Waals surface area contributed by atoms with Gasteiger partial charge in [-0.15, -0.1) is 12.3 Å². The second-order valence-corrected chi connectivity index (χ2v) is 4.92. The van der Waals surface area contributed by atoms with Crippen molar-refractivity contribution in [1.29, 1.82) is 0 Å². The summed E-state index contributed by atoms with van der Waals surface area (Å²) in [6, 6.07) is 1.62. The molecule has 116 valence electrons. The van der Waals surface area contributed by atoms with Crippen LogP contribution in [0.1, 0.15) is 43.1 Å². The fourth-order valence-corrected chi connectivity index (χ4v) is 2.04. The van der Waals surface area contributed by atoms with Crippen LogP contribution in [0.5, 0.6) is 0 Å². The highest BCUT2D eigenvalue weighted by atomic mass is 16.5. The highest BCUT2D eigenvalue weighted by Crippen LogP contribution is 2.37. The zero-order valence-electron chi connectivity index (χ0n) is 12.4. The molecule has 0 aliphatic carbocycles. The van der Waals surface area contributed by atoms with Crippen LogP contribution in [0.4, 0.5) is 5.69 Å². The maximum atomic E-state index is 12.0. The third-order valence-corrected chi connectivity index (χ3v) is 3.31. The number of ether oxygens (including phenoxy) is 1. The molecule has 2 N–H and O–H groups in total. The summed E-state index contributed by atoms with van der Waals surface area (Å²) < 4.78 is 4.91. The molecule has 0 bridgehead atoms. The van der Waals surface area contributed by atoms with Gasteiger partial charge < -0.3 is 15.0 Å². The van der Waals surface area contributed by atoms with Crippen LogP contribution in [-0.4, -0.2) is 29.1 Å². The van der Waals surface area contributed by atoms with E-state index in [-0.39, 0.29) is 24.6 Å². The Hall–Kier alpha value is -2.62. The van der Waals surface area contributed by atoms with Gasteiger partial charge in [0.1, 0.15) is 5.69 Å². The molecule has 0 unspecified atom stereocenters. The first-order chi connectivity index (χ1) is 10.6. The second-order valence-electron chi connectivity index (χ2n) is 4.92. The second kappa shape index (κ2) is 6.89. The van der Waals surface area contributed by atoms with Crippen molar-refractivity contribution in [2.45, 2.75) is 38.3 Å². The number of hydrogen-bond donors (Lipinski definition) is 2. The van der Waals surface area contributed by atoms with Gasteiger partial charge in [0.05, 0.1) is 12.3 Å². The number of anilines is 1. The average molecular weight is 302 g/mol. The van der Waals surface area contributed by atoms with Crippen molar-refractivity contribution in [3.05, 3.63) is 18.0 Å². The lowest BCUT2D eigenvalue weighted by molar-refractivity contribution is -0.116. The van der Waals surface area contributed by atoms with E-state index in [0.29, 0.717) is 24.9 Å². The molecule has 0 atom stereocenters. The molecule has 7 nitrogen and oxygen atoms in total. The van der Waals surface area contributed by atoms with E-state index in [1.165, 1.54) is 0 Å². The largest absolute Gasteiger partial charge is 0.461 e. The molecule has 0 spiro atoms. The zero-order chi connectivity index (χ0) is 16.0. The summed E-state index contributed by atoms with van der Waals surface area (Å²) in [4.78, 5) is 26.5. The number of carbonyl (C=O) groups excluding carboxylic acids is 2. The monoisotopic (exact) mass is 302 g/mol. The van der Waals surface area contributed by atoms with Gasteiger partial charge >= 0.3 is 5.97 Å². The molecule has 0 aromatic carbocycles. The Kier molecular flexibility index (Phi) is 4.94. The molecule has 1 aromatic heterocycles. The van der Waals surface area contributed by atoms with Gasteiger partial charge in [0.15, 0.2) is 5.66 Å². The lowest BCUT2D eigenvalue weighted by atomic mass is 10.0. The highest BCUT2D eigenvalue weighted by molar-refractivity contribution is 6.00. The number of esters is 1. The smallest absolute Gasteiger partial charge is 0.356 e. The third-order valence-electron chi connectivity index (χ3n) is 3.31. The Morgan fingerprint density at radius 3 is 2.86 bits per heavy atom. The van der Waals surface area contributed by atoms with E-state index in [2.05, 4.69) is 26.4 Å². The van der Waals surface area contributed by atoms with Gasteiger partial charge in [0.25, 0.3) is 0 Å². The average Bonchev–Trinajstić information content (AvgIpc) is 3.13. The predicted octanol–water partition coefficient (Wildman–Crippen LogP) is 2.49. The van der Waals surface area contributed by atoms with Crippen molar-refractivity contribution in [3.63, 3.8) is 0 Å². The number of aromatic nitrogens is 1. The van der Waals surface area contributed by atoms with E-state index in [1.807, 2.05) is 0 Å². The van der Waals surface area contributed by atoms with E-state index in [4.69, 9.17) is 11.2 Å². The Labute approximate surface area is 128 Å². The number of carbonyl (C=O) groups is 2. The zero-order valence-corrected chi connectivity index (χ0v) is 12.4. The van der Waals surface area contributed by atoms with Gasteiger partial charge in [0, 0.05) is 31.9 Å². The molecule has 2 heterocycles. The summed E-state index contributed by atoms with van der Waals surface area (Å²) in [6.45, 7) is 1.99. The molecule has 1 aliphatic rings. The minimum Gasteiger partial charge on any atom is -0.461 e. The summed E-state index contributed by atoms with van der Waals surface area (Å²) in [6.07, 6.45) is 8.80. The van der Waals surface area contributed by atoms with Crippen molar-refractivity contribution in [2.24, 2.45) is 10.2 Å². The minimum absolute atomic E-state index is 0.206. The lowest BCUT2D eigenvalue weighted by Crippen LogP contribution is -2.19. The van der Waals surface area contributed by atoms with E-state index in [1.54, 1.807) is 19.2 Å². The first-order valence-corrected chi connectivity index (χ1v) is 7.12. The van der Waals surface area contributed by atoms with Gasteiger partial charge in [-0.25, -0.2) is 4.79 Å². The van der Waals surface area contributed by atoms with Gasteiger partial charge in [-0.2, -0.15) is 10.2 Å². The van der Waals surface area contributed by atoms with Crippen LogP contribution in [0.15, 0.2) is 22.5 Å². The topological polar surface area (TPSA) is 95.9 Å². The molecular formula is C15H18N4O3. The Morgan fingerprint density at radius 1 is 1.45 bits per heavy atom. The molecule has 1 amide bonds. The van der Waals surface area contributed by atoms with Crippen molar-refractivity contribution in [2.75, 3.05) is 11.9 Å². The summed E-state index contributed by atoms with van der Waals surface area (Å²) in [5.41, 5.74) is 0.162. The number of aromatic amines is 1. The normalized spacial score (nSPS) is 14.2. The third kappa shape index (κ3) is 3.95. The van der Waals surface area contributed by atoms with E-state index in [9.17, 15) is 9.59 Å². The van der Waals surface area contributed by atoms with Gasteiger partial charge in [-0.3, -0.25) is 4.79 Å². The molecule has 7 heteroatoms. The van der Waals surface area contributed by atoms with Crippen LogP contribution in [0.25, 0.3) is 0 Å². The molecule has 1 aliphatic heterocycles. The Balaban J connectivity index is 1.84. The van der Waals surface area contributed by atoms with Crippen LogP contribution >= 0.6 is 0 Å². The van der Waals surface area contributed by atoms with Crippen LogP contribution in [0.2, 0.25) is 0 Å². The van der Waals surface area contributed by atoms with Crippen LogP contribution in [0.3, 0.4) is 0 Å². The standard InChI is InChI=1S/C15H18N4O3/c1-3-5-8-15(18-19-15)9-6-12(20)17-11-7-10-16-13(11)14(21)22-4-2/h1,7,10,16H,4-6,8-9H2,2H3,(H,17,20). The molecule has 1 aromatic rings. The summed E-state index contributed by atoms with van der Waals surface area (Å²) >= 11 is 0. The summed E-state index contributed by atoms with van der Waals surface area (Å²) in [5, 5.41) is 10.7. The SMILES string of the molecule is C#CCCC1(CCC(=O)Nc2cc[nH]c2C(=O)OCC)N=N1. The van der Waals surface area contributed by atoms with E-state index >= 15 is 0 Å². The molecule has 2 rings (SSSR count). The highest BCUT2D eigenvalue weighted by Gasteiger charge is 2.39. The fourth-order valence-electron chi connectivity index (χ4n) is 2.04. The van der Waals surface area contributed by atoms with Crippen molar-refractivity contribution >= 4 is 17.6 Å². The van der Waals surface area contributed by atoms with Crippen LogP contribution in [-0.2, 0) is 9.53 Å². The first kappa shape index (κ1) is 15.8. The quantitative estimate of drug-likeness (QED) is 0.570. The summed E-state index contributed by atoms with van der Waals surface area (Å²) in [7, 11) is 0. The van der Waals surface area contributed by atoms with Crippen molar-refractivity contribution in [3.8, 4) is 12.3 Å². The number of amides is 1. The fraction of sp³-hybridized carbons (Fsp3) is 0.467. The first-order valence-electron chi connectivity index (χ1n) is 7.12. The maximum absolute atomic E-state index is 12.0. The Bertz CT molecular complexity index is 621. The lowest BCUT2D eigenvalue weighted by Gasteiger charge is -2.09. The van der Waals surface area contributed by atoms with Crippen molar-refractivity contribution in [1.82, 2.24) is 4.98 Å². The van der Waals surface area contributed by atoms with E-state index < -0.39 is 11.6 Å². The summed E-state index contributed by atoms with van der Waals surface area (Å²) in [5.74, 6) is 1.84. The van der Waals surface area contributed by atoms with Crippen molar-refractivity contribution < 1.29 is 14.3 Å². The van der Waals surface area contributed by atoms with Gasteiger partial charge in [0.2, 0.25) is 5.91 Å². The number of nitrogens with zero attached hydrogens (tertiary/aromatic N) is 2. The van der Waals surface area contributed by atoms with E-state index in [0.717, 1.165) is 0 Å². The van der Waals surface area contributed by atoms with Crippen LogP contribution < -0.4 is 5.32 Å². The number of terminal acetylenes is 1.